The van der Waals surface area contributed by atoms with Gasteiger partial charge in [-0.1, -0.05) is 13.5 Å². The second-order valence-electron chi connectivity index (χ2n) is 3.13. The number of nitrogens with zero attached hydrogens (tertiary/aromatic N) is 1. The van der Waals surface area contributed by atoms with Crippen molar-refractivity contribution in [2.24, 2.45) is 0 Å². The van der Waals surface area contributed by atoms with Gasteiger partial charge in [-0.15, -0.1) is 0 Å². The number of rotatable bonds is 2. The van der Waals surface area contributed by atoms with Crippen LogP contribution in [0.2, 0.25) is 0 Å². The summed E-state index contributed by atoms with van der Waals surface area (Å²) in [5.41, 5.74) is 1.24. The molecule has 1 aliphatic heterocycles. The molecule has 1 heteroatoms. The summed E-state index contributed by atoms with van der Waals surface area (Å²) in [5, 5.41) is 0. The maximum Gasteiger partial charge on any atom is 0.0284 e. The van der Waals surface area contributed by atoms with E-state index < -0.39 is 0 Å². The van der Waals surface area contributed by atoms with Gasteiger partial charge in [-0.25, -0.2) is 0 Å². The molecule has 0 unspecified atom stereocenters. The summed E-state index contributed by atoms with van der Waals surface area (Å²) in [6.07, 6.45) is 3.99. The predicted octanol–water partition coefficient (Wildman–Crippen LogP) is 2.39. The van der Waals surface area contributed by atoms with Crippen LogP contribution in [0.4, 0.5) is 0 Å². The molecule has 0 radical (unpaired) electrons. The van der Waals surface area contributed by atoms with Gasteiger partial charge in [0.05, 0.1) is 0 Å². The van der Waals surface area contributed by atoms with Gasteiger partial charge in [-0.3, -0.25) is 0 Å². The molecule has 10 heavy (non-hydrogen) atoms. The highest BCUT2D eigenvalue weighted by molar-refractivity contribution is 4.95. The molecule has 1 rings (SSSR count). The van der Waals surface area contributed by atoms with Gasteiger partial charge >= 0.3 is 0 Å². The van der Waals surface area contributed by atoms with Crippen LogP contribution in [0.5, 0.6) is 0 Å². The molecule has 1 atom stereocenters. The van der Waals surface area contributed by atoms with E-state index in [1.807, 2.05) is 0 Å². The van der Waals surface area contributed by atoms with Gasteiger partial charge in [0, 0.05) is 18.3 Å². The van der Waals surface area contributed by atoms with Gasteiger partial charge in [0.1, 0.15) is 0 Å². The number of likely N-dealkylation sites (tertiary alicyclic amines) is 1. The number of allylic oxidation sites excluding steroid dienone is 1. The molecule has 58 valence electrons. The maximum absolute atomic E-state index is 3.96. The smallest absolute Gasteiger partial charge is 0.0284 e. The van der Waals surface area contributed by atoms with E-state index in [4.69, 9.17) is 0 Å². The van der Waals surface area contributed by atoms with Crippen molar-refractivity contribution >= 4 is 0 Å². The Morgan fingerprint density at radius 2 is 2.40 bits per heavy atom. The second-order valence-corrected chi connectivity index (χ2v) is 3.13. The van der Waals surface area contributed by atoms with Gasteiger partial charge in [0.2, 0.25) is 0 Å². The molecule has 0 aromatic heterocycles. The topological polar surface area (TPSA) is 3.24 Å². The summed E-state index contributed by atoms with van der Waals surface area (Å²) in [5.74, 6) is 0. The van der Waals surface area contributed by atoms with E-state index in [0.29, 0.717) is 0 Å². The number of hydrogen-bond acceptors (Lipinski definition) is 1. The van der Waals surface area contributed by atoms with Crippen LogP contribution in [0.3, 0.4) is 0 Å². The average Bonchev–Trinajstić information content (AvgIpc) is 2.33. The van der Waals surface area contributed by atoms with Crippen LogP contribution in [0.15, 0.2) is 12.3 Å². The molecule has 0 aromatic rings. The first-order chi connectivity index (χ1) is 4.75. The minimum Gasteiger partial charge on any atom is -0.373 e. The molecule has 0 aromatic carbocycles. The van der Waals surface area contributed by atoms with Crippen LogP contribution in [0.25, 0.3) is 0 Å². The van der Waals surface area contributed by atoms with Crippen molar-refractivity contribution in [3.05, 3.63) is 12.3 Å². The maximum atomic E-state index is 3.96. The summed E-state index contributed by atoms with van der Waals surface area (Å²) < 4.78 is 0. The fourth-order valence-electron chi connectivity index (χ4n) is 1.76. The van der Waals surface area contributed by atoms with Gasteiger partial charge in [0.15, 0.2) is 0 Å². The van der Waals surface area contributed by atoms with Gasteiger partial charge < -0.3 is 4.90 Å². The van der Waals surface area contributed by atoms with Crippen molar-refractivity contribution in [1.82, 2.24) is 4.90 Å². The van der Waals surface area contributed by atoms with Crippen LogP contribution in [-0.2, 0) is 0 Å². The molecule has 1 nitrogen and oxygen atoms in total. The minimum atomic E-state index is 0.789. The first kappa shape index (κ1) is 7.64. The molecule has 1 aliphatic rings. The Morgan fingerprint density at radius 3 is 2.80 bits per heavy atom. The van der Waals surface area contributed by atoms with Gasteiger partial charge in [0.25, 0.3) is 0 Å². The van der Waals surface area contributed by atoms with E-state index in [1.165, 1.54) is 31.5 Å². The first-order valence-corrected chi connectivity index (χ1v) is 4.18. The standard InChI is InChI=1S/C9H17N/c1-4-9-6-5-7-10(9)8(2)3/h9H,2,4-7H2,1,3H3/t9-/m1/s1. The summed E-state index contributed by atoms with van der Waals surface area (Å²) in [6, 6.07) is 0.789. The molecule has 1 fully saturated rings. The normalized spacial score (nSPS) is 25.4. The fourth-order valence-corrected chi connectivity index (χ4v) is 1.76. The van der Waals surface area contributed by atoms with E-state index in [1.54, 1.807) is 0 Å². The van der Waals surface area contributed by atoms with Crippen LogP contribution in [-0.4, -0.2) is 17.5 Å². The lowest BCUT2D eigenvalue weighted by Gasteiger charge is -2.25. The Labute approximate surface area is 63.7 Å². The Balaban J connectivity index is 2.50. The Bertz CT molecular complexity index is 129. The molecular weight excluding hydrogens is 122 g/mol. The molecule has 0 saturated carbocycles. The quantitative estimate of drug-likeness (QED) is 0.568. The largest absolute Gasteiger partial charge is 0.373 e. The van der Waals surface area contributed by atoms with Crippen LogP contribution in [0, 0.1) is 0 Å². The molecule has 0 spiro atoms. The third-order valence-corrected chi connectivity index (χ3v) is 2.34. The van der Waals surface area contributed by atoms with E-state index in [0.717, 1.165) is 6.04 Å². The Hall–Kier alpha value is -0.460. The van der Waals surface area contributed by atoms with Crippen molar-refractivity contribution in [3.8, 4) is 0 Å². The zero-order valence-electron chi connectivity index (χ0n) is 7.06. The third-order valence-electron chi connectivity index (χ3n) is 2.34. The lowest BCUT2D eigenvalue weighted by molar-refractivity contribution is 0.315. The van der Waals surface area contributed by atoms with E-state index >= 15 is 0 Å². The second kappa shape index (κ2) is 3.09. The molecular formula is C9H17N. The predicted molar refractivity (Wildman–Crippen MR) is 44.8 cm³/mol. The van der Waals surface area contributed by atoms with Crippen LogP contribution < -0.4 is 0 Å². The van der Waals surface area contributed by atoms with Crippen molar-refractivity contribution in [2.75, 3.05) is 6.54 Å². The summed E-state index contributed by atoms with van der Waals surface area (Å²) in [4.78, 5) is 2.43. The Kier molecular flexibility index (Phi) is 2.36. The average molecular weight is 139 g/mol. The lowest BCUT2D eigenvalue weighted by Crippen LogP contribution is -2.26. The van der Waals surface area contributed by atoms with E-state index in [9.17, 15) is 0 Å². The molecule has 0 aliphatic carbocycles. The monoisotopic (exact) mass is 139 g/mol. The SMILES string of the molecule is C=C(C)N1CCC[C@H]1CC. The van der Waals surface area contributed by atoms with Crippen molar-refractivity contribution in [2.45, 2.75) is 39.2 Å². The summed E-state index contributed by atoms with van der Waals surface area (Å²) >= 11 is 0. The zero-order chi connectivity index (χ0) is 7.56. The molecule has 1 heterocycles. The number of hydrogen-bond donors (Lipinski definition) is 0. The van der Waals surface area contributed by atoms with Crippen molar-refractivity contribution < 1.29 is 0 Å². The van der Waals surface area contributed by atoms with Gasteiger partial charge in [-0.2, -0.15) is 0 Å². The van der Waals surface area contributed by atoms with Crippen LogP contribution >= 0.6 is 0 Å². The highest BCUT2D eigenvalue weighted by Gasteiger charge is 2.21. The molecule has 0 amide bonds. The zero-order valence-corrected chi connectivity index (χ0v) is 7.06. The molecule has 1 saturated heterocycles. The highest BCUT2D eigenvalue weighted by atomic mass is 15.2. The highest BCUT2D eigenvalue weighted by Crippen LogP contribution is 2.22. The van der Waals surface area contributed by atoms with Crippen molar-refractivity contribution in [3.63, 3.8) is 0 Å². The lowest BCUT2D eigenvalue weighted by atomic mass is 10.2. The van der Waals surface area contributed by atoms with Crippen molar-refractivity contribution in [1.29, 1.82) is 0 Å². The fraction of sp³-hybridized carbons (Fsp3) is 0.778. The Morgan fingerprint density at radius 1 is 1.70 bits per heavy atom. The summed E-state index contributed by atoms with van der Waals surface area (Å²) in [7, 11) is 0. The first-order valence-electron chi connectivity index (χ1n) is 4.18. The minimum absolute atomic E-state index is 0.789. The van der Waals surface area contributed by atoms with E-state index in [2.05, 4.69) is 25.3 Å². The third kappa shape index (κ3) is 1.34. The molecule has 0 bridgehead atoms. The van der Waals surface area contributed by atoms with Crippen LogP contribution in [0.1, 0.15) is 33.1 Å². The van der Waals surface area contributed by atoms with Gasteiger partial charge in [-0.05, 0) is 26.2 Å². The van der Waals surface area contributed by atoms with E-state index in [-0.39, 0.29) is 0 Å². The summed E-state index contributed by atoms with van der Waals surface area (Å²) in [6.45, 7) is 9.55. The molecule has 0 N–H and O–H groups in total.